The topological polar surface area (TPSA) is 84.3 Å². The SMILES string of the molecule is Cn1c(=O)c2c(c3cc(Nc4nc(N5CCC(F)C(F)C5)ncc4Cl)ccc31)NCC(F)(F)CO2. The highest BCUT2D eigenvalue weighted by atomic mass is 35.5. The molecule has 0 saturated carbocycles. The third kappa shape index (κ3) is 4.42. The smallest absolute Gasteiger partial charge is 0.298 e. The van der Waals surface area contributed by atoms with Crippen LogP contribution in [-0.2, 0) is 7.05 Å². The van der Waals surface area contributed by atoms with Gasteiger partial charge in [-0.2, -0.15) is 4.98 Å². The molecule has 2 aliphatic heterocycles. The molecule has 5 rings (SSSR count). The second kappa shape index (κ2) is 8.74. The molecule has 0 bridgehead atoms. The molecule has 2 aliphatic rings. The number of ether oxygens (including phenoxy) is 1. The molecule has 3 aromatic rings. The number of fused-ring (bicyclic) bond motifs is 3. The molecule has 1 fully saturated rings. The molecule has 1 saturated heterocycles. The van der Waals surface area contributed by atoms with Crippen LogP contribution in [0.3, 0.4) is 0 Å². The molecule has 35 heavy (non-hydrogen) atoms. The summed E-state index contributed by atoms with van der Waals surface area (Å²) in [5.41, 5.74) is 0.623. The van der Waals surface area contributed by atoms with Gasteiger partial charge in [0.05, 0.1) is 30.5 Å². The number of aryl methyl sites for hydroxylation is 1. The molecule has 2 aromatic heterocycles. The number of hydrogen-bond donors (Lipinski definition) is 2. The summed E-state index contributed by atoms with van der Waals surface area (Å²) in [5, 5.41) is 6.36. The Bertz CT molecular complexity index is 1350. The Morgan fingerprint density at radius 3 is 2.86 bits per heavy atom. The van der Waals surface area contributed by atoms with E-state index in [4.69, 9.17) is 16.3 Å². The maximum Gasteiger partial charge on any atom is 0.298 e. The summed E-state index contributed by atoms with van der Waals surface area (Å²) in [5.74, 6) is -2.92. The minimum absolute atomic E-state index is 0.0263. The molecule has 186 valence electrons. The third-order valence-electron chi connectivity index (χ3n) is 6.04. The molecule has 13 heteroatoms. The standard InChI is InChI=1S/C22H21ClF4N6O2/c1-32-16-3-2-11(6-12(16)17-18(20(32)34)35-10-22(26,27)9-29-17)30-19-13(23)7-28-21(31-19)33-5-4-14(24)15(25)8-33/h2-3,6-7,14-15,29H,4-5,8-10H2,1H3,(H,28,30,31). The summed E-state index contributed by atoms with van der Waals surface area (Å²) in [7, 11) is 1.52. The van der Waals surface area contributed by atoms with Crippen molar-refractivity contribution in [2.45, 2.75) is 24.7 Å². The summed E-state index contributed by atoms with van der Waals surface area (Å²) in [4.78, 5) is 22.7. The summed E-state index contributed by atoms with van der Waals surface area (Å²) < 4.78 is 61.7. The molecule has 0 amide bonds. The van der Waals surface area contributed by atoms with E-state index in [2.05, 4.69) is 20.6 Å². The lowest BCUT2D eigenvalue weighted by Gasteiger charge is -2.31. The van der Waals surface area contributed by atoms with Gasteiger partial charge in [0.15, 0.2) is 12.4 Å². The summed E-state index contributed by atoms with van der Waals surface area (Å²) in [6.45, 7) is -1.51. The van der Waals surface area contributed by atoms with E-state index in [-0.39, 0.29) is 47.7 Å². The first kappa shape index (κ1) is 23.5. The minimum Gasteiger partial charge on any atom is -0.480 e. The fourth-order valence-corrected chi connectivity index (χ4v) is 4.28. The highest BCUT2D eigenvalue weighted by Crippen LogP contribution is 2.36. The van der Waals surface area contributed by atoms with E-state index in [1.54, 1.807) is 23.1 Å². The zero-order valence-electron chi connectivity index (χ0n) is 18.5. The highest BCUT2D eigenvalue weighted by Gasteiger charge is 2.35. The fraction of sp³-hybridized carbons (Fsp3) is 0.409. The molecule has 0 spiro atoms. The van der Waals surface area contributed by atoms with Crippen molar-refractivity contribution in [3.05, 3.63) is 39.8 Å². The lowest BCUT2D eigenvalue weighted by atomic mass is 10.1. The molecule has 0 radical (unpaired) electrons. The molecule has 8 nitrogen and oxygen atoms in total. The molecule has 2 N–H and O–H groups in total. The Morgan fingerprint density at radius 2 is 2.09 bits per heavy atom. The molecule has 2 unspecified atom stereocenters. The van der Waals surface area contributed by atoms with E-state index in [1.807, 2.05) is 0 Å². The van der Waals surface area contributed by atoms with E-state index in [0.717, 1.165) is 0 Å². The van der Waals surface area contributed by atoms with Gasteiger partial charge in [-0.1, -0.05) is 11.6 Å². The summed E-state index contributed by atoms with van der Waals surface area (Å²) in [6.07, 6.45) is -1.77. The van der Waals surface area contributed by atoms with Gasteiger partial charge >= 0.3 is 0 Å². The van der Waals surface area contributed by atoms with Crippen molar-refractivity contribution in [1.29, 1.82) is 0 Å². The Hall–Kier alpha value is -3.28. The molecular weight excluding hydrogens is 492 g/mol. The summed E-state index contributed by atoms with van der Waals surface area (Å²) >= 11 is 6.27. The fourth-order valence-electron chi connectivity index (χ4n) is 4.15. The largest absolute Gasteiger partial charge is 0.480 e. The lowest BCUT2D eigenvalue weighted by molar-refractivity contribution is -0.0251. The summed E-state index contributed by atoms with van der Waals surface area (Å²) in [6, 6.07) is 4.97. The van der Waals surface area contributed by atoms with Crippen molar-refractivity contribution in [2.24, 2.45) is 7.05 Å². The van der Waals surface area contributed by atoms with Crippen LogP contribution < -0.4 is 25.8 Å². The number of piperidine rings is 1. The maximum atomic E-state index is 13.9. The predicted octanol–water partition coefficient (Wildman–Crippen LogP) is 4.05. The number of aromatic nitrogens is 3. The number of hydrogen-bond acceptors (Lipinski definition) is 7. The predicted molar refractivity (Wildman–Crippen MR) is 125 cm³/mol. The van der Waals surface area contributed by atoms with Crippen molar-refractivity contribution < 1.29 is 22.3 Å². The number of alkyl halides is 4. The molecule has 4 heterocycles. The normalized spacial score (nSPS) is 21.6. The molecule has 1 aromatic carbocycles. The van der Waals surface area contributed by atoms with Gasteiger partial charge in [0.2, 0.25) is 11.7 Å². The van der Waals surface area contributed by atoms with Crippen LogP contribution in [-0.4, -0.2) is 59.0 Å². The van der Waals surface area contributed by atoms with Crippen LogP contribution in [0.25, 0.3) is 10.9 Å². The van der Waals surface area contributed by atoms with Gasteiger partial charge in [-0.3, -0.25) is 4.79 Å². The first-order valence-electron chi connectivity index (χ1n) is 10.9. The van der Waals surface area contributed by atoms with Gasteiger partial charge in [0.25, 0.3) is 11.5 Å². The molecule has 0 aliphatic carbocycles. The van der Waals surface area contributed by atoms with Crippen LogP contribution in [0.2, 0.25) is 5.02 Å². The quantitative estimate of drug-likeness (QED) is 0.512. The van der Waals surface area contributed by atoms with Crippen LogP contribution in [0, 0.1) is 0 Å². The average Bonchev–Trinajstić information content (AvgIpc) is 2.99. The first-order chi connectivity index (χ1) is 16.6. The Balaban J connectivity index is 1.50. The number of rotatable bonds is 3. The van der Waals surface area contributed by atoms with Crippen LogP contribution in [0.5, 0.6) is 5.75 Å². The van der Waals surface area contributed by atoms with E-state index in [1.165, 1.54) is 17.8 Å². The Morgan fingerprint density at radius 1 is 1.29 bits per heavy atom. The van der Waals surface area contributed by atoms with Gasteiger partial charge in [-0.15, -0.1) is 0 Å². The second-order valence-electron chi connectivity index (χ2n) is 8.56. The van der Waals surface area contributed by atoms with E-state index in [0.29, 0.717) is 16.6 Å². The number of benzene rings is 1. The van der Waals surface area contributed by atoms with Crippen molar-refractivity contribution >= 4 is 45.6 Å². The Kier molecular flexibility index (Phi) is 5.86. The molecule has 2 atom stereocenters. The highest BCUT2D eigenvalue weighted by molar-refractivity contribution is 6.32. The van der Waals surface area contributed by atoms with Crippen LogP contribution in [0.4, 0.5) is 40.7 Å². The van der Waals surface area contributed by atoms with Gasteiger partial charge in [0, 0.05) is 24.7 Å². The number of halogens is 5. The Labute approximate surface area is 201 Å². The lowest BCUT2D eigenvalue weighted by Crippen LogP contribution is -2.43. The monoisotopic (exact) mass is 512 g/mol. The number of nitrogens with one attached hydrogen (secondary N) is 2. The van der Waals surface area contributed by atoms with Crippen LogP contribution in [0.1, 0.15) is 6.42 Å². The third-order valence-corrected chi connectivity index (χ3v) is 6.32. The zero-order chi connectivity index (χ0) is 24.9. The minimum atomic E-state index is -3.15. The first-order valence-corrected chi connectivity index (χ1v) is 11.2. The van der Waals surface area contributed by atoms with Crippen molar-refractivity contribution in [3.8, 4) is 5.75 Å². The van der Waals surface area contributed by atoms with E-state index >= 15 is 0 Å². The van der Waals surface area contributed by atoms with Crippen LogP contribution in [0.15, 0.2) is 29.2 Å². The van der Waals surface area contributed by atoms with Gasteiger partial charge in [0.1, 0.15) is 17.4 Å². The number of anilines is 4. The van der Waals surface area contributed by atoms with Gasteiger partial charge in [-0.25, -0.2) is 22.5 Å². The van der Waals surface area contributed by atoms with Crippen molar-refractivity contribution in [3.63, 3.8) is 0 Å². The second-order valence-corrected chi connectivity index (χ2v) is 8.96. The average molecular weight is 513 g/mol. The van der Waals surface area contributed by atoms with E-state index < -0.39 is 37.0 Å². The van der Waals surface area contributed by atoms with Gasteiger partial charge < -0.3 is 24.8 Å². The van der Waals surface area contributed by atoms with Gasteiger partial charge in [-0.05, 0) is 24.6 Å². The van der Waals surface area contributed by atoms with Crippen molar-refractivity contribution in [1.82, 2.24) is 14.5 Å². The van der Waals surface area contributed by atoms with Crippen molar-refractivity contribution in [2.75, 3.05) is 41.8 Å². The molecular formula is C22H21ClF4N6O2. The maximum absolute atomic E-state index is 13.9. The number of pyridine rings is 1. The zero-order valence-corrected chi connectivity index (χ0v) is 19.3. The van der Waals surface area contributed by atoms with E-state index in [9.17, 15) is 22.4 Å². The van der Waals surface area contributed by atoms with Crippen LogP contribution >= 0.6 is 11.6 Å². The number of nitrogens with zero attached hydrogens (tertiary/aromatic N) is 4.